The fourth-order valence-corrected chi connectivity index (χ4v) is 3.54. The van der Waals surface area contributed by atoms with Gasteiger partial charge in [0.05, 0.1) is 6.61 Å². The van der Waals surface area contributed by atoms with Gasteiger partial charge in [-0.05, 0) is 17.5 Å². The summed E-state index contributed by atoms with van der Waals surface area (Å²) in [4.78, 5) is 14.8. The summed E-state index contributed by atoms with van der Waals surface area (Å²) in [5.74, 6) is 0.203. The van der Waals surface area contributed by atoms with Crippen LogP contribution in [0.5, 0.6) is 0 Å². The second-order valence-electron chi connectivity index (χ2n) is 6.02. The number of carbonyl (C=O) groups excluding carboxylic acids is 1. The van der Waals surface area contributed by atoms with E-state index in [2.05, 4.69) is 29.2 Å². The average Bonchev–Trinajstić information content (AvgIpc) is 2.99. The lowest BCUT2D eigenvalue weighted by atomic mass is 9.96. The summed E-state index contributed by atoms with van der Waals surface area (Å²) in [6.07, 6.45) is 1.59. The largest absolute Gasteiger partial charge is 0.357 e. The van der Waals surface area contributed by atoms with Crippen LogP contribution in [0.25, 0.3) is 0 Å². The normalized spacial score (nSPS) is 23.8. The Balaban J connectivity index is 1.51. The molecule has 0 bridgehead atoms. The Morgan fingerprint density at radius 2 is 1.86 bits per heavy atom. The van der Waals surface area contributed by atoms with Crippen molar-refractivity contribution in [1.29, 1.82) is 0 Å². The maximum absolute atomic E-state index is 12.4. The van der Waals surface area contributed by atoms with Crippen molar-refractivity contribution in [1.82, 2.24) is 4.90 Å². The van der Waals surface area contributed by atoms with E-state index in [1.54, 1.807) is 0 Å². The summed E-state index contributed by atoms with van der Waals surface area (Å²) in [5, 5.41) is 0. The molecule has 2 heterocycles. The van der Waals surface area contributed by atoms with Crippen LogP contribution >= 0.6 is 0 Å². The number of carbonyl (C=O) groups is 1. The molecular weight excluding hydrogens is 274 g/mol. The van der Waals surface area contributed by atoms with Gasteiger partial charge < -0.3 is 4.74 Å². The standard InChI is InChI=1S/C19H19NO2/c21-18(15-7-2-1-3-8-15)12-16-13-22-19-17-9-5-4-6-14(17)10-11-20(16)19/h1-9,16,19H,10-13H2/t16-,19+/m1/s1. The van der Waals surface area contributed by atoms with Crippen molar-refractivity contribution >= 4 is 5.78 Å². The van der Waals surface area contributed by atoms with Gasteiger partial charge in [-0.15, -0.1) is 0 Å². The van der Waals surface area contributed by atoms with Crippen molar-refractivity contribution in [2.75, 3.05) is 13.2 Å². The van der Waals surface area contributed by atoms with Crippen molar-refractivity contribution in [3.8, 4) is 0 Å². The molecule has 0 saturated carbocycles. The summed E-state index contributed by atoms with van der Waals surface area (Å²) in [5.41, 5.74) is 3.44. The van der Waals surface area contributed by atoms with Crippen LogP contribution in [0, 0.1) is 0 Å². The summed E-state index contributed by atoms with van der Waals surface area (Å²) in [7, 11) is 0. The molecule has 4 rings (SSSR count). The second kappa shape index (κ2) is 5.67. The van der Waals surface area contributed by atoms with E-state index in [1.165, 1.54) is 11.1 Å². The lowest BCUT2D eigenvalue weighted by Crippen LogP contribution is -2.39. The number of hydrogen-bond donors (Lipinski definition) is 0. The first-order valence-corrected chi connectivity index (χ1v) is 7.86. The van der Waals surface area contributed by atoms with Crippen LogP contribution in [-0.4, -0.2) is 29.9 Å². The summed E-state index contributed by atoms with van der Waals surface area (Å²) >= 11 is 0. The third-order valence-electron chi connectivity index (χ3n) is 4.69. The zero-order valence-electron chi connectivity index (χ0n) is 12.4. The summed E-state index contributed by atoms with van der Waals surface area (Å²) in [6.45, 7) is 1.60. The molecule has 0 N–H and O–H groups in total. The first-order chi connectivity index (χ1) is 10.8. The van der Waals surface area contributed by atoms with Gasteiger partial charge >= 0.3 is 0 Å². The minimum atomic E-state index is 0.0264. The minimum absolute atomic E-state index is 0.0264. The molecule has 2 aromatic rings. The van der Waals surface area contributed by atoms with Gasteiger partial charge in [0.2, 0.25) is 0 Å². The molecule has 1 fully saturated rings. The second-order valence-corrected chi connectivity index (χ2v) is 6.02. The highest BCUT2D eigenvalue weighted by Crippen LogP contribution is 2.37. The van der Waals surface area contributed by atoms with Crippen LogP contribution in [0.2, 0.25) is 0 Å². The predicted molar refractivity (Wildman–Crippen MR) is 84.7 cm³/mol. The first kappa shape index (κ1) is 13.7. The number of rotatable bonds is 3. The van der Waals surface area contributed by atoms with Crippen molar-refractivity contribution in [3.63, 3.8) is 0 Å². The molecule has 3 heteroatoms. The smallest absolute Gasteiger partial charge is 0.164 e. The van der Waals surface area contributed by atoms with E-state index in [0.29, 0.717) is 13.0 Å². The number of nitrogens with zero attached hydrogens (tertiary/aromatic N) is 1. The van der Waals surface area contributed by atoms with Gasteiger partial charge in [0.15, 0.2) is 5.78 Å². The zero-order valence-corrected chi connectivity index (χ0v) is 12.4. The number of hydrogen-bond acceptors (Lipinski definition) is 3. The Labute approximate surface area is 130 Å². The van der Waals surface area contributed by atoms with Crippen molar-refractivity contribution < 1.29 is 9.53 Å². The van der Waals surface area contributed by atoms with Crippen LogP contribution in [0.4, 0.5) is 0 Å². The quantitative estimate of drug-likeness (QED) is 0.814. The van der Waals surface area contributed by atoms with Gasteiger partial charge in [-0.3, -0.25) is 9.69 Å². The molecule has 3 nitrogen and oxygen atoms in total. The lowest BCUT2D eigenvalue weighted by Gasteiger charge is -2.33. The van der Waals surface area contributed by atoms with Gasteiger partial charge in [0.1, 0.15) is 6.23 Å². The van der Waals surface area contributed by atoms with Crippen molar-refractivity contribution in [3.05, 3.63) is 71.3 Å². The molecule has 22 heavy (non-hydrogen) atoms. The van der Waals surface area contributed by atoms with E-state index in [-0.39, 0.29) is 18.1 Å². The SMILES string of the molecule is O=C(C[C@@H]1CO[C@H]2c3ccccc3CCN12)c1ccccc1. The van der Waals surface area contributed by atoms with E-state index < -0.39 is 0 Å². The monoisotopic (exact) mass is 293 g/mol. The Bertz CT molecular complexity index is 683. The molecular formula is C19H19NO2. The topological polar surface area (TPSA) is 29.5 Å². The highest BCUT2D eigenvalue weighted by molar-refractivity contribution is 5.96. The molecule has 0 aliphatic carbocycles. The Morgan fingerprint density at radius 1 is 1.09 bits per heavy atom. The lowest BCUT2D eigenvalue weighted by molar-refractivity contribution is 0.0215. The van der Waals surface area contributed by atoms with Gasteiger partial charge in [0, 0.05) is 24.6 Å². The number of fused-ring (bicyclic) bond motifs is 3. The Kier molecular flexibility index (Phi) is 3.53. The predicted octanol–water partition coefficient (Wildman–Crippen LogP) is 3.22. The maximum atomic E-state index is 12.4. The maximum Gasteiger partial charge on any atom is 0.164 e. The summed E-state index contributed by atoms with van der Waals surface area (Å²) < 4.78 is 6.01. The molecule has 0 unspecified atom stereocenters. The number of Topliss-reactive ketones (excluding diaryl/α,β-unsaturated/α-hetero) is 1. The number of benzene rings is 2. The van der Waals surface area contributed by atoms with E-state index >= 15 is 0 Å². The first-order valence-electron chi connectivity index (χ1n) is 7.86. The molecule has 1 saturated heterocycles. The van der Waals surface area contributed by atoms with Crippen LogP contribution in [-0.2, 0) is 11.2 Å². The molecule has 0 amide bonds. The third kappa shape index (κ3) is 2.36. The molecule has 2 aliphatic rings. The minimum Gasteiger partial charge on any atom is -0.357 e. The van der Waals surface area contributed by atoms with Gasteiger partial charge in [0.25, 0.3) is 0 Å². The van der Waals surface area contributed by atoms with Crippen LogP contribution < -0.4 is 0 Å². The van der Waals surface area contributed by atoms with E-state index in [1.807, 2.05) is 30.3 Å². The molecule has 2 aliphatic heterocycles. The van der Waals surface area contributed by atoms with Gasteiger partial charge in [-0.1, -0.05) is 54.6 Å². The highest BCUT2D eigenvalue weighted by atomic mass is 16.5. The fourth-order valence-electron chi connectivity index (χ4n) is 3.54. The number of ether oxygens (including phenoxy) is 1. The van der Waals surface area contributed by atoms with E-state index in [9.17, 15) is 4.79 Å². The fraction of sp³-hybridized carbons (Fsp3) is 0.316. The van der Waals surface area contributed by atoms with Crippen molar-refractivity contribution in [2.24, 2.45) is 0 Å². The van der Waals surface area contributed by atoms with E-state index in [4.69, 9.17) is 4.74 Å². The number of ketones is 1. The Hall–Kier alpha value is -1.97. The van der Waals surface area contributed by atoms with Crippen LogP contribution in [0.15, 0.2) is 54.6 Å². The van der Waals surface area contributed by atoms with Crippen LogP contribution in [0.3, 0.4) is 0 Å². The molecule has 0 aromatic heterocycles. The summed E-state index contributed by atoms with van der Waals surface area (Å²) in [6, 6.07) is 18.2. The molecule has 2 atom stereocenters. The third-order valence-corrected chi connectivity index (χ3v) is 4.69. The molecule has 0 spiro atoms. The van der Waals surface area contributed by atoms with E-state index in [0.717, 1.165) is 18.5 Å². The zero-order chi connectivity index (χ0) is 14.9. The Morgan fingerprint density at radius 3 is 2.73 bits per heavy atom. The molecule has 112 valence electrons. The van der Waals surface area contributed by atoms with Crippen LogP contribution in [0.1, 0.15) is 34.1 Å². The average molecular weight is 293 g/mol. The van der Waals surface area contributed by atoms with Gasteiger partial charge in [-0.25, -0.2) is 0 Å². The van der Waals surface area contributed by atoms with Crippen molar-refractivity contribution in [2.45, 2.75) is 25.1 Å². The van der Waals surface area contributed by atoms with Gasteiger partial charge in [-0.2, -0.15) is 0 Å². The molecule has 0 radical (unpaired) electrons. The molecule has 2 aromatic carbocycles. The highest BCUT2D eigenvalue weighted by Gasteiger charge is 2.39.